The number of benzene rings is 2. The Bertz CT molecular complexity index is 1010. The molecule has 1 N–H and O–H groups in total. The van der Waals surface area contributed by atoms with Crippen LogP contribution in [0.5, 0.6) is 0 Å². The SMILES string of the molecule is CCS(=O)(=O)c1ccccc1C(=O)NC(C)c1ccc(S(C)(=O)=O)cc1. The molecule has 26 heavy (non-hydrogen) atoms. The first kappa shape index (κ1) is 20.1. The van der Waals surface area contributed by atoms with Crippen LogP contribution < -0.4 is 5.32 Å². The number of hydrogen-bond donors (Lipinski definition) is 1. The summed E-state index contributed by atoms with van der Waals surface area (Å²) in [7, 11) is -6.81. The van der Waals surface area contributed by atoms with Crippen LogP contribution in [0.25, 0.3) is 0 Å². The maximum Gasteiger partial charge on any atom is 0.253 e. The zero-order chi connectivity index (χ0) is 19.5. The normalized spacial score (nSPS) is 13.2. The van der Waals surface area contributed by atoms with Crippen LogP contribution in [-0.4, -0.2) is 34.8 Å². The molecule has 0 fully saturated rings. The van der Waals surface area contributed by atoms with Gasteiger partial charge in [0, 0.05) is 6.26 Å². The Morgan fingerprint density at radius 2 is 1.58 bits per heavy atom. The Kier molecular flexibility index (Phi) is 5.87. The molecule has 6 nitrogen and oxygen atoms in total. The van der Waals surface area contributed by atoms with Gasteiger partial charge in [0.1, 0.15) is 0 Å². The first-order valence-corrected chi connectivity index (χ1v) is 11.5. The lowest BCUT2D eigenvalue weighted by molar-refractivity contribution is 0.0936. The second kappa shape index (κ2) is 7.59. The van der Waals surface area contributed by atoms with E-state index in [0.29, 0.717) is 5.56 Å². The number of carbonyl (C=O) groups is 1. The number of carbonyl (C=O) groups excluding carboxylic acids is 1. The molecule has 1 unspecified atom stereocenters. The monoisotopic (exact) mass is 395 g/mol. The van der Waals surface area contributed by atoms with E-state index < -0.39 is 31.6 Å². The second-order valence-corrected chi connectivity index (χ2v) is 10.2. The third kappa shape index (κ3) is 4.50. The Balaban J connectivity index is 2.26. The second-order valence-electron chi connectivity index (χ2n) is 5.94. The van der Waals surface area contributed by atoms with Gasteiger partial charge in [-0.1, -0.05) is 31.2 Å². The highest BCUT2D eigenvalue weighted by Crippen LogP contribution is 2.20. The van der Waals surface area contributed by atoms with Crippen molar-refractivity contribution in [2.75, 3.05) is 12.0 Å². The Morgan fingerprint density at radius 3 is 2.12 bits per heavy atom. The molecule has 1 amide bonds. The maximum atomic E-state index is 12.6. The van der Waals surface area contributed by atoms with E-state index in [0.717, 1.165) is 6.26 Å². The predicted octanol–water partition coefficient (Wildman–Crippen LogP) is 2.37. The topological polar surface area (TPSA) is 97.4 Å². The fourth-order valence-electron chi connectivity index (χ4n) is 2.44. The van der Waals surface area contributed by atoms with Gasteiger partial charge in [0.25, 0.3) is 5.91 Å². The van der Waals surface area contributed by atoms with E-state index in [1.807, 2.05) is 0 Å². The quantitative estimate of drug-likeness (QED) is 0.810. The first-order chi connectivity index (χ1) is 12.1. The van der Waals surface area contributed by atoms with Gasteiger partial charge >= 0.3 is 0 Å². The molecule has 1 atom stereocenters. The highest BCUT2D eigenvalue weighted by molar-refractivity contribution is 7.91. The molecule has 0 aliphatic carbocycles. The molecule has 0 bridgehead atoms. The third-order valence-corrected chi connectivity index (χ3v) is 6.92. The smallest absolute Gasteiger partial charge is 0.253 e. The van der Waals surface area contributed by atoms with Gasteiger partial charge in [-0.05, 0) is 36.8 Å². The molecule has 8 heteroatoms. The average molecular weight is 396 g/mol. The average Bonchev–Trinajstić information content (AvgIpc) is 2.61. The van der Waals surface area contributed by atoms with Crippen molar-refractivity contribution in [3.63, 3.8) is 0 Å². The standard InChI is InChI=1S/C18H21NO5S2/c1-4-26(23,24)17-8-6-5-7-16(17)18(20)19-13(2)14-9-11-15(12-10-14)25(3,21)22/h5-13H,4H2,1-3H3,(H,19,20). The zero-order valence-corrected chi connectivity index (χ0v) is 16.4. The van der Waals surface area contributed by atoms with E-state index in [4.69, 9.17) is 0 Å². The minimum Gasteiger partial charge on any atom is -0.345 e. The third-order valence-electron chi connectivity index (χ3n) is 4.00. The Morgan fingerprint density at radius 1 is 1.00 bits per heavy atom. The van der Waals surface area contributed by atoms with Crippen molar-refractivity contribution in [3.05, 3.63) is 59.7 Å². The zero-order valence-electron chi connectivity index (χ0n) is 14.8. The van der Waals surface area contributed by atoms with Gasteiger partial charge in [-0.15, -0.1) is 0 Å². The molecule has 0 radical (unpaired) electrons. The molecular weight excluding hydrogens is 374 g/mol. The van der Waals surface area contributed by atoms with Crippen molar-refractivity contribution in [1.29, 1.82) is 0 Å². The van der Waals surface area contributed by atoms with Crippen LogP contribution in [0.2, 0.25) is 0 Å². The van der Waals surface area contributed by atoms with Crippen molar-refractivity contribution in [1.82, 2.24) is 5.32 Å². The molecule has 0 heterocycles. The van der Waals surface area contributed by atoms with Gasteiger partial charge in [-0.2, -0.15) is 0 Å². The highest BCUT2D eigenvalue weighted by atomic mass is 32.2. The molecule has 2 aromatic rings. The van der Waals surface area contributed by atoms with Gasteiger partial charge in [-0.25, -0.2) is 16.8 Å². The summed E-state index contributed by atoms with van der Waals surface area (Å²) in [4.78, 5) is 12.8. The van der Waals surface area contributed by atoms with E-state index in [1.165, 1.54) is 31.2 Å². The molecule has 0 saturated carbocycles. The van der Waals surface area contributed by atoms with Gasteiger partial charge in [0.2, 0.25) is 0 Å². The van der Waals surface area contributed by atoms with E-state index in [-0.39, 0.29) is 21.1 Å². The molecule has 0 saturated heterocycles. The number of sulfone groups is 2. The van der Waals surface area contributed by atoms with E-state index in [2.05, 4.69) is 5.32 Å². The van der Waals surface area contributed by atoms with Crippen molar-refractivity contribution in [2.45, 2.75) is 29.7 Å². The van der Waals surface area contributed by atoms with E-state index in [9.17, 15) is 21.6 Å². The van der Waals surface area contributed by atoms with Crippen LogP contribution in [0.15, 0.2) is 58.3 Å². The molecule has 2 rings (SSSR count). The van der Waals surface area contributed by atoms with Crippen molar-refractivity contribution in [3.8, 4) is 0 Å². The van der Waals surface area contributed by atoms with Crippen molar-refractivity contribution >= 4 is 25.6 Å². The molecule has 0 aliphatic heterocycles. The molecule has 0 aliphatic rings. The van der Waals surface area contributed by atoms with Crippen molar-refractivity contribution < 1.29 is 21.6 Å². The summed E-state index contributed by atoms with van der Waals surface area (Å²) in [5.74, 6) is -0.600. The summed E-state index contributed by atoms with van der Waals surface area (Å²) in [6.07, 6.45) is 1.12. The van der Waals surface area contributed by atoms with E-state index in [1.54, 1.807) is 31.2 Å². The van der Waals surface area contributed by atoms with E-state index >= 15 is 0 Å². The van der Waals surface area contributed by atoms with Crippen LogP contribution in [0.1, 0.15) is 35.8 Å². The number of rotatable bonds is 6. The van der Waals surface area contributed by atoms with Crippen molar-refractivity contribution in [2.24, 2.45) is 0 Å². The van der Waals surface area contributed by atoms with Crippen LogP contribution in [0.4, 0.5) is 0 Å². The summed E-state index contributed by atoms with van der Waals surface area (Å²) >= 11 is 0. The van der Waals surface area contributed by atoms with Crippen LogP contribution in [0, 0.1) is 0 Å². The summed E-state index contributed by atoms with van der Waals surface area (Å²) in [5, 5.41) is 2.75. The van der Waals surface area contributed by atoms with Gasteiger partial charge in [-0.3, -0.25) is 4.79 Å². The fraction of sp³-hybridized carbons (Fsp3) is 0.278. The van der Waals surface area contributed by atoms with Gasteiger partial charge < -0.3 is 5.32 Å². The fourth-order valence-corrected chi connectivity index (χ4v) is 4.17. The van der Waals surface area contributed by atoms with Crippen LogP contribution >= 0.6 is 0 Å². The molecule has 0 aromatic heterocycles. The van der Waals surface area contributed by atoms with Gasteiger partial charge in [0.15, 0.2) is 19.7 Å². The number of nitrogens with one attached hydrogen (secondary N) is 1. The number of hydrogen-bond acceptors (Lipinski definition) is 5. The lowest BCUT2D eigenvalue weighted by atomic mass is 10.1. The van der Waals surface area contributed by atoms with Crippen LogP contribution in [0.3, 0.4) is 0 Å². The molecule has 2 aromatic carbocycles. The maximum absolute atomic E-state index is 12.6. The number of amides is 1. The summed E-state index contributed by atoms with van der Waals surface area (Å²) < 4.78 is 47.4. The van der Waals surface area contributed by atoms with Gasteiger partial charge in [0.05, 0.1) is 27.1 Å². The molecule has 140 valence electrons. The largest absolute Gasteiger partial charge is 0.345 e. The minimum atomic E-state index is -3.52. The summed E-state index contributed by atoms with van der Waals surface area (Å²) in [6.45, 7) is 3.26. The molecule has 0 spiro atoms. The van der Waals surface area contributed by atoms with Crippen LogP contribution in [-0.2, 0) is 19.7 Å². The summed E-state index contributed by atoms with van der Waals surface area (Å²) in [5.41, 5.74) is 0.801. The summed E-state index contributed by atoms with van der Waals surface area (Å²) in [6, 6.07) is 11.8. The first-order valence-electron chi connectivity index (χ1n) is 7.99. The lowest BCUT2D eigenvalue weighted by Crippen LogP contribution is -2.28. The minimum absolute atomic E-state index is 0.000348. The Labute approximate surface area is 154 Å². The molecular formula is C18H21NO5S2. The Hall–Kier alpha value is -2.19. The predicted molar refractivity (Wildman–Crippen MR) is 99.6 cm³/mol. The lowest BCUT2D eigenvalue weighted by Gasteiger charge is -2.16. The highest BCUT2D eigenvalue weighted by Gasteiger charge is 2.21.